The fourth-order valence-electron chi connectivity index (χ4n) is 1.91. The summed E-state index contributed by atoms with van der Waals surface area (Å²) in [6, 6.07) is 2.94. The Hall–Kier alpha value is -2.10. The van der Waals surface area contributed by atoms with Crippen molar-refractivity contribution in [1.82, 2.24) is 15.0 Å². The number of hydrogen-bond acceptors (Lipinski definition) is 7. The molecule has 1 heterocycles. The number of rotatable bonds is 8. The first-order valence-corrected chi connectivity index (χ1v) is 7.04. The highest BCUT2D eigenvalue weighted by atomic mass is 16.5. The number of ether oxygens (including phenoxy) is 1. The van der Waals surface area contributed by atoms with Crippen molar-refractivity contribution in [2.75, 3.05) is 29.9 Å². The van der Waals surface area contributed by atoms with Gasteiger partial charge in [-0.25, -0.2) is 0 Å². The Kier molecular flexibility index (Phi) is 4.93. The summed E-state index contributed by atoms with van der Waals surface area (Å²) >= 11 is 0. The summed E-state index contributed by atoms with van der Waals surface area (Å²) in [5, 5.41) is 11.9. The SMILES string of the molecule is CCNc1nc(OCC)nc(N(CCC#N)C2CC2)n1. The highest BCUT2D eigenvalue weighted by molar-refractivity contribution is 5.40. The summed E-state index contributed by atoms with van der Waals surface area (Å²) in [6.07, 6.45) is 2.71. The molecule has 108 valence electrons. The average Bonchev–Trinajstić information content (AvgIpc) is 3.24. The highest BCUT2D eigenvalue weighted by Gasteiger charge is 2.31. The van der Waals surface area contributed by atoms with Crippen LogP contribution in [0.25, 0.3) is 0 Å². The summed E-state index contributed by atoms with van der Waals surface area (Å²) in [4.78, 5) is 15.1. The van der Waals surface area contributed by atoms with E-state index >= 15 is 0 Å². The first-order chi connectivity index (χ1) is 9.78. The van der Waals surface area contributed by atoms with E-state index in [2.05, 4.69) is 31.2 Å². The molecule has 0 unspecified atom stereocenters. The van der Waals surface area contributed by atoms with E-state index in [1.807, 2.05) is 13.8 Å². The topological polar surface area (TPSA) is 87.0 Å². The van der Waals surface area contributed by atoms with Gasteiger partial charge in [-0.15, -0.1) is 0 Å². The molecule has 0 atom stereocenters. The lowest BCUT2D eigenvalue weighted by Gasteiger charge is -2.21. The van der Waals surface area contributed by atoms with E-state index in [0.717, 1.165) is 19.4 Å². The van der Waals surface area contributed by atoms with E-state index in [0.29, 0.717) is 43.5 Å². The average molecular weight is 276 g/mol. The van der Waals surface area contributed by atoms with E-state index in [1.54, 1.807) is 0 Å². The molecule has 1 aliphatic rings. The molecule has 1 aromatic rings. The normalized spacial score (nSPS) is 13.7. The van der Waals surface area contributed by atoms with E-state index in [-0.39, 0.29) is 0 Å². The van der Waals surface area contributed by atoms with Crippen molar-refractivity contribution in [3.8, 4) is 12.1 Å². The Balaban J connectivity index is 2.24. The van der Waals surface area contributed by atoms with Crippen molar-refractivity contribution in [3.63, 3.8) is 0 Å². The van der Waals surface area contributed by atoms with Crippen molar-refractivity contribution < 1.29 is 4.74 Å². The zero-order valence-corrected chi connectivity index (χ0v) is 12.0. The van der Waals surface area contributed by atoms with Crippen LogP contribution in [0.3, 0.4) is 0 Å². The van der Waals surface area contributed by atoms with Crippen LogP contribution in [0, 0.1) is 11.3 Å². The molecule has 1 aliphatic carbocycles. The quantitative estimate of drug-likeness (QED) is 0.771. The van der Waals surface area contributed by atoms with Gasteiger partial charge in [-0.05, 0) is 26.7 Å². The third kappa shape index (κ3) is 3.70. The number of aromatic nitrogens is 3. The molecule has 2 rings (SSSR count). The van der Waals surface area contributed by atoms with Gasteiger partial charge < -0.3 is 15.0 Å². The summed E-state index contributed by atoms with van der Waals surface area (Å²) in [7, 11) is 0. The van der Waals surface area contributed by atoms with E-state index in [9.17, 15) is 0 Å². The molecule has 1 fully saturated rings. The van der Waals surface area contributed by atoms with Crippen LogP contribution >= 0.6 is 0 Å². The second-order valence-electron chi connectivity index (χ2n) is 4.54. The minimum atomic E-state index is 0.330. The lowest BCUT2D eigenvalue weighted by atomic mass is 10.4. The number of nitriles is 1. The number of hydrogen-bond donors (Lipinski definition) is 1. The van der Waals surface area contributed by atoms with Crippen LogP contribution in [0.4, 0.5) is 11.9 Å². The number of nitrogens with zero attached hydrogens (tertiary/aromatic N) is 5. The van der Waals surface area contributed by atoms with Crippen LogP contribution in [-0.2, 0) is 0 Å². The largest absolute Gasteiger partial charge is 0.464 e. The van der Waals surface area contributed by atoms with Crippen LogP contribution in [0.15, 0.2) is 0 Å². The van der Waals surface area contributed by atoms with Gasteiger partial charge in [0, 0.05) is 19.1 Å². The molecular weight excluding hydrogens is 256 g/mol. The molecule has 20 heavy (non-hydrogen) atoms. The van der Waals surface area contributed by atoms with Gasteiger partial charge in [-0.1, -0.05) is 0 Å². The third-order valence-electron chi connectivity index (χ3n) is 2.92. The van der Waals surface area contributed by atoms with Gasteiger partial charge in [0.25, 0.3) is 0 Å². The van der Waals surface area contributed by atoms with Gasteiger partial charge in [-0.3, -0.25) is 0 Å². The highest BCUT2D eigenvalue weighted by Crippen LogP contribution is 2.30. The Labute approximate surface area is 119 Å². The smallest absolute Gasteiger partial charge is 0.323 e. The lowest BCUT2D eigenvalue weighted by molar-refractivity contribution is 0.312. The second kappa shape index (κ2) is 6.89. The van der Waals surface area contributed by atoms with Gasteiger partial charge in [-0.2, -0.15) is 20.2 Å². The summed E-state index contributed by atoms with van der Waals surface area (Å²) in [6.45, 7) is 5.76. The fraction of sp³-hybridized carbons (Fsp3) is 0.692. The predicted molar refractivity (Wildman–Crippen MR) is 75.8 cm³/mol. The summed E-state index contributed by atoms with van der Waals surface area (Å²) < 4.78 is 5.39. The Morgan fingerprint density at radius 1 is 1.35 bits per heavy atom. The van der Waals surface area contributed by atoms with Crippen molar-refractivity contribution in [2.24, 2.45) is 0 Å². The second-order valence-corrected chi connectivity index (χ2v) is 4.54. The summed E-state index contributed by atoms with van der Waals surface area (Å²) in [5.41, 5.74) is 0. The zero-order valence-electron chi connectivity index (χ0n) is 12.0. The van der Waals surface area contributed by atoms with Crippen LogP contribution in [0.5, 0.6) is 6.01 Å². The van der Waals surface area contributed by atoms with Gasteiger partial charge in [0.2, 0.25) is 11.9 Å². The van der Waals surface area contributed by atoms with E-state index < -0.39 is 0 Å². The fourth-order valence-corrected chi connectivity index (χ4v) is 1.91. The Morgan fingerprint density at radius 2 is 2.15 bits per heavy atom. The molecule has 1 aromatic heterocycles. The number of nitrogens with one attached hydrogen (secondary N) is 1. The first kappa shape index (κ1) is 14.3. The molecule has 1 N–H and O–H groups in total. The molecule has 0 aromatic carbocycles. The molecule has 0 saturated heterocycles. The molecule has 0 spiro atoms. The van der Waals surface area contributed by atoms with Crippen LogP contribution in [0.1, 0.15) is 33.1 Å². The zero-order chi connectivity index (χ0) is 14.4. The monoisotopic (exact) mass is 276 g/mol. The minimum absolute atomic E-state index is 0.330. The van der Waals surface area contributed by atoms with Crippen molar-refractivity contribution >= 4 is 11.9 Å². The Bertz CT molecular complexity index is 458. The molecule has 0 bridgehead atoms. The van der Waals surface area contributed by atoms with Crippen molar-refractivity contribution in [3.05, 3.63) is 0 Å². The van der Waals surface area contributed by atoms with Crippen LogP contribution in [-0.4, -0.2) is 40.7 Å². The molecule has 1 saturated carbocycles. The van der Waals surface area contributed by atoms with Crippen molar-refractivity contribution in [1.29, 1.82) is 5.26 Å². The first-order valence-electron chi connectivity index (χ1n) is 7.04. The number of anilines is 2. The van der Waals surface area contributed by atoms with Gasteiger partial charge in [0.05, 0.1) is 19.1 Å². The molecule has 0 radical (unpaired) electrons. The van der Waals surface area contributed by atoms with Gasteiger partial charge in [0.15, 0.2) is 0 Å². The van der Waals surface area contributed by atoms with E-state index in [4.69, 9.17) is 10.00 Å². The van der Waals surface area contributed by atoms with E-state index in [1.165, 1.54) is 0 Å². The molecule has 0 aliphatic heterocycles. The maximum atomic E-state index is 8.78. The molecule has 0 amide bonds. The Morgan fingerprint density at radius 3 is 2.75 bits per heavy atom. The van der Waals surface area contributed by atoms with Crippen LogP contribution in [0.2, 0.25) is 0 Å². The third-order valence-corrected chi connectivity index (χ3v) is 2.92. The van der Waals surface area contributed by atoms with Gasteiger partial charge >= 0.3 is 6.01 Å². The minimum Gasteiger partial charge on any atom is -0.464 e. The maximum absolute atomic E-state index is 8.78. The standard InChI is InChI=1S/C13H20N6O/c1-3-15-11-16-12(18-13(17-11)20-4-2)19(9-5-8-14)10-6-7-10/h10H,3-7,9H2,1-2H3,(H,15,16,17,18). The predicted octanol–water partition coefficient (Wildman–Crippen LogP) is 1.58. The molecule has 7 heteroatoms. The summed E-state index contributed by atoms with van der Waals surface area (Å²) in [5.74, 6) is 1.11. The molecular formula is C13H20N6O. The van der Waals surface area contributed by atoms with Gasteiger partial charge in [0.1, 0.15) is 0 Å². The van der Waals surface area contributed by atoms with Crippen LogP contribution < -0.4 is 15.0 Å². The maximum Gasteiger partial charge on any atom is 0.323 e. The van der Waals surface area contributed by atoms with Crippen molar-refractivity contribution in [2.45, 2.75) is 39.2 Å². The lowest BCUT2D eigenvalue weighted by Crippen LogP contribution is -2.29. The molecule has 7 nitrogen and oxygen atoms in total.